The molecule has 3 nitrogen and oxygen atoms in total. The molecular weight excluding hydrogens is 145 g/mol. The summed E-state index contributed by atoms with van der Waals surface area (Å²) in [6.45, 7) is 1.09. The maximum Gasteiger partial charge on any atom is 0.145 e. The summed E-state index contributed by atoms with van der Waals surface area (Å²) >= 11 is 0. The average molecular weight is 153 g/mol. The van der Waals surface area contributed by atoms with Crippen LogP contribution in [0.1, 0.15) is 6.92 Å². The van der Waals surface area contributed by atoms with Gasteiger partial charge in [-0.3, -0.25) is 0 Å². The largest absolute Gasteiger partial charge is 0.384 e. The van der Waals surface area contributed by atoms with Gasteiger partial charge in [0, 0.05) is 6.20 Å². The maximum absolute atomic E-state index is 11.8. The van der Waals surface area contributed by atoms with Crippen LogP contribution < -0.4 is 5.32 Å². The van der Waals surface area contributed by atoms with Crippen LogP contribution in [0.4, 0.5) is 4.39 Å². The second-order valence-electron chi connectivity index (χ2n) is 2.00. The molecule has 58 valence electrons. The molecule has 0 bridgehead atoms. The molecule has 0 unspecified atom stereocenters. The van der Waals surface area contributed by atoms with Gasteiger partial charge in [0.25, 0.3) is 0 Å². The standard InChI is InChI=1S/C7H8FN3/c1-6(2-8)11-5-7(3-9)4-10/h5-6,11H,2H2,1H3/t6-/m0/s1. The summed E-state index contributed by atoms with van der Waals surface area (Å²) in [5, 5.41) is 19.0. The van der Waals surface area contributed by atoms with E-state index in [1.165, 1.54) is 6.20 Å². The number of allylic oxidation sites excluding steroid dienone is 1. The van der Waals surface area contributed by atoms with Crippen molar-refractivity contribution in [2.45, 2.75) is 13.0 Å². The fraction of sp³-hybridized carbons (Fsp3) is 0.429. The maximum atomic E-state index is 11.8. The highest BCUT2D eigenvalue weighted by atomic mass is 19.1. The van der Waals surface area contributed by atoms with Gasteiger partial charge in [0.15, 0.2) is 0 Å². The van der Waals surface area contributed by atoms with Crippen molar-refractivity contribution in [2.24, 2.45) is 0 Å². The Hall–Kier alpha value is -1.55. The summed E-state index contributed by atoms with van der Waals surface area (Å²) in [5.41, 5.74) is -0.0506. The van der Waals surface area contributed by atoms with E-state index < -0.39 is 6.67 Å². The van der Waals surface area contributed by atoms with Gasteiger partial charge in [0.1, 0.15) is 24.4 Å². The Morgan fingerprint density at radius 2 is 2.18 bits per heavy atom. The third kappa shape index (κ3) is 3.94. The molecule has 0 rings (SSSR count). The molecule has 0 aromatic rings. The summed E-state index contributed by atoms with van der Waals surface area (Å²) in [7, 11) is 0. The quantitative estimate of drug-likeness (QED) is 0.612. The zero-order chi connectivity index (χ0) is 8.69. The van der Waals surface area contributed by atoms with Crippen LogP contribution in [0.25, 0.3) is 0 Å². The van der Waals surface area contributed by atoms with Crippen LogP contribution in [0, 0.1) is 22.7 Å². The molecule has 0 aromatic carbocycles. The highest BCUT2D eigenvalue weighted by Gasteiger charge is 1.96. The SMILES string of the molecule is C[C@@H](CF)NC=C(C#N)C#N. The third-order valence-corrected chi connectivity index (χ3v) is 0.985. The molecule has 0 amide bonds. The predicted octanol–water partition coefficient (Wildman–Crippen LogP) is 0.865. The molecule has 0 aliphatic heterocycles. The van der Waals surface area contributed by atoms with Gasteiger partial charge in [0.05, 0.1) is 6.04 Å². The first-order chi connectivity index (χ1) is 5.24. The molecule has 11 heavy (non-hydrogen) atoms. The first kappa shape index (κ1) is 9.45. The van der Waals surface area contributed by atoms with E-state index in [2.05, 4.69) is 5.32 Å². The molecule has 0 spiro atoms. The lowest BCUT2D eigenvalue weighted by Crippen LogP contribution is -2.22. The van der Waals surface area contributed by atoms with Crippen molar-refractivity contribution in [3.8, 4) is 12.1 Å². The van der Waals surface area contributed by atoms with Gasteiger partial charge in [-0.15, -0.1) is 0 Å². The number of rotatable bonds is 3. The van der Waals surface area contributed by atoms with E-state index in [0.717, 1.165) is 0 Å². The van der Waals surface area contributed by atoms with Crippen LogP contribution in [-0.2, 0) is 0 Å². The number of hydrogen-bond acceptors (Lipinski definition) is 3. The van der Waals surface area contributed by atoms with E-state index in [1.807, 2.05) is 0 Å². The number of hydrogen-bond donors (Lipinski definition) is 1. The Labute approximate surface area is 64.7 Å². The number of nitrogens with one attached hydrogen (secondary N) is 1. The van der Waals surface area contributed by atoms with E-state index in [9.17, 15) is 4.39 Å². The van der Waals surface area contributed by atoms with E-state index in [0.29, 0.717) is 0 Å². The number of nitriles is 2. The normalized spacial score (nSPS) is 10.5. The topological polar surface area (TPSA) is 59.6 Å². The molecule has 0 heterocycles. The predicted molar refractivity (Wildman–Crippen MR) is 37.9 cm³/mol. The zero-order valence-corrected chi connectivity index (χ0v) is 6.13. The van der Waals surface area contributed by atoms with E-state index >= 15 is 0 Å². The van der Waals surface area contributed by atoms with Crippen molar-refractivity contribution in [3.05, 3.63) is 11.8 Å². The highest BCUT2D eigenvalue weighted by molar-refractivity contribution is 5.34. The Balaban J connectivity index is 3.94. The van der Waals surface area contributed by atoms with Gasteiger partial charge in [-0.25, -0.2) is 4.39 Å². The van der Waals surface area contributed by atoms with Crippen LogP contribution in [0.15, 0.2) is 11.8 Å². The second-order valence-corrected chi connectivity index (χ2v) is 2.00. The van der Waals surface area contributed by atoms with Crippen molar-refractivity contribution in [3.63, 3.8) is 0 Å². The smallest absolute Gasteiger partial charge is 0.145 e. The molecule has 0 saturated carbocycles. The second kappa shape index (κ2) is 5.25. The molecule has 1 N–H and O–H groups in total. The van der Waals surface area contributed by atoms with E-state index in [4.69, 9.17) is 10.5 Å². The van der Waals surface area contributed by atoms with Crippen molar-refractivity contribution in [2.75, 3.05) is 6.67 Å². The zero-order valence-electron chi connectivity index (χ0n) is 6.13. The first-order valence-electron chi connectivity index (χ1n) is 3.07. The minimum atomic E-state index is -0.527. The Bertz CT molecular complexity index is 205. The summed E-state index contributed by atoms with van der Waals surface area (Å²) in [4.78, 5) is 0. The van der Waals surface area contributed by atoms with Gasteiger partial charge in [-0.05, 0) is 6.92 Å². The summed E-state index contributed by atoms with van der Waals surface area (Å²) in [6.07, 6.45) is 1.21. The molecular formula is C7H8FN3. The van der Waals surface area contributed by atoms with Gasteiger partial charge in [0.2, 0.25) is 0 Å². The van der Waals surface area contributed by atoms with Crippen LogP contribution in [0.5, 0.6) is 0 Å². The third-order valence-electron chi connectivity index (χ3n) is 0.985. The van der Waals surface area contributed by atoms with Gasteiger partial charge < -0.3 is 5.32 Å². The number of alkyl halides is 1. The minimum Gasteiger partial charge on any atom is -0.384 e. The molecule has 1 atom stereocenters. The first-order valence-corrected chi connectivity index (χ1v) is 3.07. The fourth-order valence-corrected chi connectivity index (χ4v) is 0.360. The van der Waals surface area contributed by atoms with Gasteiger partial charge in [-0.2, -0.15) is 10.5 Å². The molecule has 0 fully saturated rings. The van der Waals surface area contributed by atoms with Crippen LogP contribution >= 0.6 is 0 Å². The van der Waals surface area contributed by atoms with E-state index in [-0.39, 0.29) is 11.6 Å². The molecule has 0 radical (unpaired) electrons. The van der Waals surface area contributed by atoms with Crippen LogP contribution in [-0.4, -0.2) is 12.7 Å². The Morgan fingerprint density at radius 1 is 1.64 bits per heavy atom. The summed E-state index contributed by atoms with van der Waals surface area (Å²) in [6, 6.07) is 2.94. The average Bonchev–Trinajstić information content (AvgIpc) is 2.06. The summed E-state index contributed by atoms with van der Waals surface area (Å²) in [5.74, 6) is 0. The van der Waals surface area contributed by atoms with Gasteiger partial charge in [-0.1, -0.05) is 0 Å². The molecule has 0 aromatic heterocycles. The lowest BCUT2D eigenvalue weighted by atomic mass is 10.3. The summed E-state index contributed by atoms with van der Waals surface area (Å²) < 4.78 is 11.8. The van der Waals surface area contributed by atoms with Crippen molar-refractivity contribution in [1.82, 2.24) is 5.32 Å². The molecule has 0 aliphatic rings. The Kier molecular flexibility index (Phi) is 4.51. The highest BCUT2D eigenvalue weighted by Crippen LogP contribution is 1.88. The minimum absolute atomic E-state index is 0.0506. The Morgan fingerprint density at radius 3 is 2.55 bits per heavy atom. The molecule has 0 aliphatic carbocycles. The van der Waals surface area contributed by atoms with E-state index in [1.54, 1.807) is 19.1 Å². The van der Waals surface area contributed by atoms with Crippen molar-refractivity contribution >= 4 is 0 Å². The van der Waals surface area contributed by atoms with Gasteiger partial charge >= 0.3 is 0 Å². The lowest BCUT2D eigenvalue weighted by molar-refractivity contribution is 0.418. The monoisotopic (exact) mass is 153 g/mol. The van der Waals surface area contributed by atoms with Crippen molar-refractivity contribution in [1.29, 1.82) is 10.5 Å². The lowest BCUT2D eigenvalue weighted by Gasteiger charge is -2.04. The molecule has 4 heteroatoms. The number of nitrogens with zero attached hydrogens (tertiary/aromatic N) is 2. The van der Waals surface area contributed by atoms with Crippen LogP contribution in [0.3, 0.4) is 0 Å². The van der Waals surface area contributed by atoms with Crippen LogP contribution in [0.2, 0.25) is 0 Å². The van der Waals surface area contributed by atoms with Crippen molar-refractivity contribution < 1.29 is 4.39 Å². The molecule has 0 saturated heterocycles. The fourth-order valence-electron chi connectivity index (χ4n) is 0.360. The number of halogens is 1.